The summed E-state index contributed by atoms with van der Waals surface area (Å²) in [4.78, 5) is 14.8. The van der Waals surface area contributed by atoms with Crippen LogP contribution in [0.1, 0.15) is 5.56 Å². The summed E-state index contributed by atoms with van der Waals surface area (Å²) in [7, 11) is 0. The Balaban J connectivity index is 1.25. The first kappa shape index (κ1) is 25.8. The second kappa shape index (κ2) is 10.8. The third-order valence-corrected chi connectivity index (χ3v) is 8.11. The summed E-state index contributed by atoms with van der Waals surface area (Å²) in [6.45, 7) is 2.13. The zero-order chi connectivity index (χ0) is 29.5. The maximum atomic E-state index is 6.40. The van der Waals surface area contributed by atoms with E-state index >= 15 is 0 Å². The lowest BCUT2D eigenvalue weighted by molar-refractivity contribution is 0.669. The minimum atomic E-state index is 0.600. The molecule has 8 aromatic rings. The molecule has 2 aromatic heterocycles. The molecule has 0 N–H and O–H groups in total. The predicted octanol–water partition coefficient (Wildman–Crippen LogP) is 10.4. The van der Waals surface area contributed by atoms with Crippen LogP contribution < -0.4 is 0 Å². The lowest BCUT2D eigenvalue weighted by Gasteiger charge is -2.10. The molecule has 0 amide bonds. The molecule has 0 unspecified atom stereocenters. The fourth-order valence-corrected chi connectivity index (χ4v) is 5.87. The molecule has 0 spiro atoms. The maximum absolute atomic E-state index is 6.40. The molecule has 0 aliphatic carbocycles. The van der Waals surface area contributed by atoms with Crippen LogP contribution in [0.2, 0.25) is 0 Å². The van der Waals surface area contributed by atoms with Gasteiger partial charge in [-0.3, -0.25) is 0 Å². The molecule has 208 valence electrons. The van der Waals surface area contributed by atoms with E-state index in [9.17, 15) is 0 Å². The molecule has 0 saturated carbocycles. The topological polar surface area (TPSA) is 51.8 Å². The molecule has 0 atom stereocenters. The van der Waals surface area contributed by atoms with E-state index in [-0.39, 0.29) is 0 Å². The van der Waals surface area contributed by atoms with Gasteiger partial charge in [0.15, 0.2) is 17.5 Å². The van der Waals surface area contributed by atoms with Crippen LogP contribution in [0, 0.1) is 6.92 Å². The van der Waals surface area contributed by atoms with Gasteiger partial charge in [0.1, 0.15) is 11.2 Å². The Morgan fingerprint density at radius 1 is 0.409 bits per heavy atom. The van der Waals surface area contributed by atoms with Crippen LogP contribution in [0.25, 0.3) is 78.4 Å². The van der Waals surface area contributed by atoms with Gasteiger partial charge in [0.05, 0.1) is 0 Å². The van der Waals surface area contributed by atoms with Crippen molar-refractivity contribution < 1.29 is 4.42 Å². The van der Waals surface area contributed by atoms with Crippen molar-refractivity contribution in [1.82, 2.24) is 15.0 Å². The molecular formula is C40H27N3O. The number of furan rings is 1. The van der Waals surface area contributed by atoms with E-state index < -0.39 is 0 Å². The highest BCUT2D eigenvalue weighted by Gasteiger charge is 2.16. The maximum Gasteiger partial charge on any atom is 0.164 e. The Morgan fingerprint density at radius 3 is 1.64 bits per heavy atom. The highest BCUT2D eigenvalue weighted by molar-refractivity contribution is 6.12. The minimum absolute atomic E-state index is 0.600. The van der Waals surface area contributed by atoms with Crippen molar-refractivity contribution >= 4 is 21.9 Å². The van der Waals surface area contributed by atoms with Gasteiger partial charge >= 0.3 is 0 Å². The van der Waals surface area contributed by atoms with Gasteiger partial charge in [-0.1, -0.05) is 127 Å². The lowest BCUT2D eigenvalue weighted by Crippen LogP contribution is -2.00. The Bertz CT molecular complexity index is 2270. The zero-order valence-electron chi connectivity index (χ0n) is 24.1. The Kier molecular flexibility index (Phi) is 6.31. The monoisotopic (exact) mass is 565 g/mol. The number of rotatable bonds is 5. The van der Waals surface area contributed by atoms with Crippen LogP contribution in [0.15, 0.2) is 150 Å². The average molecular weight is 566 g/mol. The van der Waals surface area contributed by atoms with Crippen molar-refractivity contribution in [2.45, 2.75) is 6.92 Å². The molecule has 4 nitrogen and oxygen atoms in total. The van der Waals surface area contributed by atoms with Gasteiger partial charge in [0, 0.05) is 27.5 Å². The van der Waals surface area contributed by atoms with Crippen LogP contribution in [-0.2, 0) is 0 Å². The molecule has 44 heavy (non-hydrogen) atoms. The highest BCUT2D eigenvalue weighted by Crippen LogP contribution is 2.38. The molecule has 4 heteroatoms. The van der Waals surface area contributed by atoms with Crippen molar-refractivity contribution in [3.63, 3.8) is 0 Å². The normalized spacial score (nSPS) is 11.3. The minimum Gasteiger partial charge on any atom is -0.456 e. The Labute approximate surface area is 255 Å². The fraction of sp³-hybridized carbons (Fsp3) is 0.0250. The number of hydrogen-bond donors (Lipinski definition) is 0. The second-order valence-electron chi connectivity index (χ2n) is 10.9. The van der Waals surface area contributed by atoms with Gasteiger partial charge in [-0.25, -0.2) is 15.0 Å². The number of benzene rings is 6. The quantitative estimate of drug-likeness (QED) is 0.208. The number of nitrogens with zero attached hydrogens (tertiary/aromatic N) is 3. The van der Waals surface area contributed by atoms with E-state index in [2.05, 4.69) is 97.9 Å². The summed E-state index contributed by atoms with van der Waals surface area (Å²) in [6, 6.07) is 49.8. The molecular weight excluding hydrogens is 538 g/mol. The first-order valence-corrected chi connectivity index (χ1v) is 14.7. The summed E-state index contributed by atoms with van der Waals surface area (Å²) in [5.41, 5.74) is 10.3. The van der Waals surface area contributed by atoms with Crippen molar-refractivity contribution in [2.24, 2.45) is 0 Å². The number of fused-ring (bicyclic) bond motifs is 3. The summed E-state index contributed by atoms with van der Waals surface area (Å²) < 4.78 is 6.40. The van der Waals surface area contributed by atoms with Crippen LogP contribution >= 0.6 is 0 Å². The van der Waals surface area contributed by atoms with Crippen LogP contribution in [0.5, 0.6) is 0 Å². The lowest BCUT2D eigenvalue weighted by atomic mass is 9.99. The first-order valence-electron chi connectivity index (χ1n) is 14.7. The van der Waals surface area contributed by atoms with Gasteiger partial charge in [-0.05, 0) is 52.9 Å². The fourth-order valence-electron chi connectivity index (χ4n) is 5.87. The summed E-state index contributed by atoms with van der Waals surface area (Å²) in [5.74, 6) is 1.85. The number of hydrogen-bond acceptors (Lipinski definition) is 4. The molecule has 0 saturated heterocycles. The predicted molar refractivity (Wildman–Crippen MR) is 179 cm³/mol. The standard InChI is InChI=1S/C40H27N3O/c1-26-11-8-9-16-32(26)28-19-21-30(22-20-28)39-41-38(29-14-6-3-7-15-29)42-40(43-39)31-23-24-34-36(25-31)44-35-18-10-17-33(37(34)35)27-12-4-2-5-13-27/h2-25H,1H3. The van der Waals surface area contributed by atoms with Crippen molar-refractivity contribution in [3.05, 3.63) is 151 Å². The molecule has 0 fully saturated rings. The summed E-state index contributed by atoms with van der Waals surface area (Å²) in [6.07, 6.45) is 0. The van der Waals surface area contributed by atoms with E-state index in [4.69, 9.17) is 19.4 Å². The van der Waals surface area contributed by atoms with Gasteiger partial charge in [0.2, 0.25) is 0 Å². The SMILES string of the molecule is Cc1ccccc1-c1ccc(-c2nc(-c3ccccc3)nc(-c3ccc4c(c3)oc3cccc(-c5ccccc5)c34)n2)cc1. The highest BCUT2D eigenvalue weighted by atomic mass is 16.3. The van der Waals surface area contributed by atoms with E-state index in [0.717, 1.165) is 55.3 Å². The number of aromatic nitrogens is 3. The zero-order valence-corrected chi connectivity index (χ0v) is 24.1. The third kappa shape index (κ3) is 4.63. The van der Waals surface area contributed by atoms with E-state index in [1.54, 1.807) is 0 Å². The molecule has 0 bridgehead atoms. The van der Waals surface area contributed by atoms with E-state index in [1.165, 1.54) is 11.1 Å². The van der Waals surface area contributed by atoms with Crippen molar-refractivity contribution in [1.29, 1.82) is 0 Å². The van der Waals surface area contributed by atoms with Crippen LogP contribution in [-0.4, -0.2) is 15.0 Å². The average Bonchev–Trinajstić information content (AvgIpc) is 3.47. The Hall–Kier alpha value is -5.87. The second-order valence-corrected chi connectivity index (χ2v) is 10.9. The van der Waals surface area contributed by atoms with E-state index in [1.807, 2.05) is 54.6 Å². The third-order valence-electron chi connectivity index (χ3n) is 8.11. The molecule has 0 aliphatic heterocycles. The molecule has 0 radical (unpaired) electrons. The summed E-state index contributed by atoms with van der Waals surface area (Å²) in [5, 5.41) is 2.17. The van der Waals surface area contributed by atoms with Crippen molar-refractivity contribution in [3.8, 4) is 56.4 Å². The van der Waals surface area contributed by atoms with Gasteiger partial charge < -0.3 is 4.42 Å². The first-order chi connectivity index (χ1) is 21.7. The van der Waals surface area contributed by atoms with Crippen molar-refractivity contribution in [2.75, 3.05) is 0 Å². The largest absolute Gasteiger partial charge is 0.456 e. The van der Waals surface area contributed by atoms with Gasteiger partial charge in [-0.15, -0.1) is 0 Å². The smallest absolute Gasteiger partial charge is 0.164 e. The molecule has 2 heterocycles. The molecule has 6 aromatic carbocycles. The molecule has 0 aliphatic rings. The Morgan fingerprint density at radius 2 is 0.932 bits per heavy atom. The summed E-state index contributed by atoms with van der Waals surface area (Å²) >= 11 is 0. The van der Waals surface area contributed by atoms with Crippen LogP contribution in [0.3, 0.4) is 0 Å². The molecule has 8 rings (SSSR count). The van der Waals surface area contributed by atoms with Gasteiger partial charge in [0.25, 0.3) is 0 Å². The van der Waals surface area contributed by atoms with Crippen LogP contribution in [0.4, 0.5) is 0 Å². The van der Waals surface area contributed by atoms with Gasteiger partial charge in [-0.2, -0.15) is 0 Å². The number of aryl methyl sites for hydroxylation is 1. The van der Waals surface area contributed by atoms with E-state index in [0.29, 0.717) is 17.5 Å².